The van der Waals surface area contributed by atoms with E-state index in [1.54, 1.807) is 0 Å². The number of aromatic nitrogens is 1. The Morgan fingerprint density at radius 3 is 2.85 bits per heavy atom. The zero-order valence-electron chi connectivity index (χ0n) is 15.2. The van der Waals surface area contributed by atoms with Crippen LogP contribution in [0.2, 0.25) is 0 Å². The largest absolute Gasteiger partial charge is 0.492 e. The van der Waals surface area contributed by atoms with Crippen molar-refractivity contribution in [3.05, 3.63) is 59.8 Å². The van der Waals surface area contributed by atoms with Crippen LogP contribution in [-0.2, 0) is 20.0 Å². The van der Waals surface area contributed by atoms with Gasteiger partial charge >= 0.3 is 6.03 Å². The van der Waals surface area contributed by atoms with Gasteiger partial charge in [0.05, 0.1) is 12.3 Å². The Morgan fingerprint density at radius 1 is 1.15 bits per heavy atom. The molecule has 1 aromatic heterocycles. The van der Waals surface area contributed by atoms with Gasteiger partial charge in [-0.3, -0.25) is 0 Å². The van der Waals surface area contributed by atoms with Gasteiger partial charge in [0.2, 0.25) is 0 Å². The number of para-hydroxylation sites is 2. The quantitative estimate of drug-likeness (QED) is 0.771. The molecule has 0 saturated carbocycles. The number of aryl methyl sites for hydroxylation is 1. The lowest BCUT2D eigenvalue weighted by Gasteiger charge is -2.22. The molecule has 2 amide bonds. The minimum Gasteiger partial charge on any atom is -0.492 e. The van der Waals surface area contributed by atoms with Gasteiger partial charge in [0.1, 0.15) is 5.75 Å². The summed E-state index contributed by atoms with van der Waals surface area (Å²) in [6.45, 7) is 3.80. The molecule has 0 saturated heterocycles. The van der Waals surface area contributed by atoms with Crippen LogP contribution in [0.1, 0.15) is 18.1 Å². The van der Waals surface area contributed by atoms with E-state index >= 15 is 0 Å². The molecule has 0 spiro atoms. The highest BCUT2D eigenvalue weighted by molar-refractivity contribution is 5.92. The molecule has 0 bridgehead atoms. The maximum Gasteiger partial charge on any atom is 0.322 e. The normalized spacial score (nSPS) is 13.5. The zero-order chi connectivity index (χ0) is 18.1. The molecule has 0 radical (unpaired) electrons. The number of ether oxygens (including phenoxy) is 1. The summed E-state index contributed by atoms with van der Waals surface area (Å²) in [7, 11) is 2.08. The van der Waals surface area contributed by atoms with E-state index in [4.69, 9.17) is 4.74 Å². The highest BCUT2D eigenvalue weighted by Gasteiger charge is 2.22. The molecule has 2 heterocycles. The first-order valence-corrected chi connectivity index (χ1v) is 9.01. The van der Waals surface area contributed by atoms with Crippen molar-refractivity contribution in [1.82, 2.24) is 9.47 Å². The van der Waals surface area contributed by atoms with Gasteiger partial charge in [-0.1, -0.05) is 24.3 Å². The molecule has 0 fully saturated rings. The number of anilines is 1. The van der Waals surface area contributed by atoms with Crippen LogP contribution in [0, 0.1) is 0 Å². The highest BCUT2D eigenvalue weighted by atomic mass is 16.5. The van der Waals surface area contributed by atoms with Crippen LogP contribution in [0.15, 0.2) is 48.7 Å². The molecule has 2 aromatic carbocycles. The third-order valence-corrected chi connectivity index (χ3v) is 4.91. The highest BCUT2D eigenvalue weighted by Crippen LogP contribution is 2.30. The Morgan fingerprint density at radius 2 is 2.00 bits per heavy atom. The Balaban J connectivity index is 1.58. The molecule has 5 nitrogen and oxygen atoms in total. The van der Waals surface area contributed by atoms with E-state index in [1.165, 1.54) is 22.0 Å². The maximum absolute atomic E-state index is 12.9. The number of hydrogen-bond acceptors (Lipinski definition) is 2. The van der Waals surface area contributed by atoms with Crippen molar-refractivity contribution in [3.63, 3.8) is 0 Å². The number of urea groups is 1. The summed E-state index contributed by atoms with van der Waals surface area (Å²) in [6, 6.07) is 13.8. The molecule has 0 aliphatic carbocycles. The summed E-state index contributed by atoms with van der Waals surface area (Å²) >= 11 is 0. The van der Waals surface area contributed by atoms with Gasteiger partial charge in [-0.25, -0.2) is 4.79 Å². The van der Waals surface area contributed by atoms with Crippen molar-refractivity contribution in [2.75, 3.05) is 18.5 Å². The van der Waals surface area contributed by atoms with Crippen molar-refractivity contribution in [3.8, 4) is 5.75 Å². The van der Waals surface area contributed by atoms with Crippen LogP contribution < -0.4 is 10.1 Å². The fourth-order valence-corrected chi connectivity index (χ4v) is 3.70. The van der Waals surface area contributed by atoms with E-state index in [2.05, 4.69) is 41.3 Å². The van der Waals surface area contributed by atoms with Crippen LogP contribution in [0.3, 0.4) is 0 Å². The van der Waals surface area contributed by atoms with Crippen molar-refractivity contribution in [2.45, 2.75) is 19.9 Å². The van der Waals surface area contributed by atoms with Crippen molar-refractivity contribution in [1.29, 1.82) is 0 Å². The van der Waals surface area contributed by atoms with E-state index < -0.39 is 0 Å². The van der Waals surface area contributed by atoms with Gasteiger partial charge in [0.15, 0.2) is 0 Å². The van der Waals surface area contributed by atoms with Gasteiger partial charge in [-0.15, -0.1) is 0 Å². The molecule has 1 aliphatic heterocycles. The Hall–Kier alpha value is -2.95. The molecule has 1 N–H and O–H groups in total. The summed E-state index contributed by atoms with van der Waals surface area (Å²) in [4.78, 5) is 14.8. The molecule has 0 unspecified atom stereocenters. The lowest BCUT2D eigenvalue weighted by Crippen LogP contribution is -2.35. The van der Waals surface area contributed by atoms with E-state index in [9.17, 15) is 4.79 Å². The summed E-state index contributed by atoms with van der Waals surface area (Å²) < 4.78 is 7.78. The SMILES string of the molecule is CCOc1ccccc1NC(=O)N1CCc2cn(C)c3cccc(c23)C1. The number of hydrogen-bond donors (Lipinski definition) is 1. The van der Waals surface area contributed by atoms with E-state index in [-0.39, 0.29) is 6.03 Å². The molecule has 134 valence electrons. The first kappa shape index (κ1) is 16.5. The molecule has 1 aliphatic rings. The fraction of sp³-hybridized carbons (Fsp3) is 0.286. The third kappa shape index (κ3) is 2.90. The van der Waals surface area contributed by atoms with Crippen LogP contribution in [0.5, 0.6) is 5.75 Å². The number of amides is 2. The topological polar surface area (TPSA) is 46.5 Å². The van der Waals surface area contributed by atoms with Gasteiger partial charge < -0.3 is 19.5 Å². The standard InChI is InChI=1S/C21H23N3O2/c1-3-26-19-10-5-4-8-17(19)22-21(25)24-12-11-16-13-23(2)18-9-6-7-15(14-24)20(16)18/h4-10,13H,3,11-12,14H2,1-2H3,(H,22,25). The van der Waals surface area contributed by atoms with Gasteiger partial charge in [0, 0.05) is 37.2 Å². The smallest absolute Gasteiger partial charge is 0.322 e. The molecular weight excluding hydrogens is 326 g/mol. The average Bonchev–Trinajstić information content (AvgIpc) is 2.85. The van der Waals surface area contributed by atoms with Crippen LogP contribution in [0.4, 0.5) is 10.5 Å². The number of carbonyl (C=O) groups excluding carboxylic acids is 1. The fourth-order valence-electron chi connectivity index (χ4n) is 3.70. The van der Waals surface area contributed by atoms with Gasteiger partial charge in [0.25, 0.3) is 0 Å². The predicted octanol–water partition coefficient (Wildman–Crippen LogP) is 4.17. The summed E-state index contributed by atoms with van der Waals surface area (Å²) in [6.07, 6.45) is 3.04. The Labute approximate surface area is 153 Å². The molecule has 0 atom stereocenters. The first-order chi connectivity index (χ1) is 12.7. The molecule has 3 aromatic rings. The molecule has 5 heteroatoms. The lowest BCUT2D eigenvalue weighted by atomic mass is 10.1. The van der Waals surface area contributed by atoms with Crippen LogP contribution in [-0.4, -0.2) is 28.6 Å². The van der Waals surface area contributed by atoms with E-state index in [1.807, 2.05) is 36.1 Å². The van der Waals surface area contributed by atoms with E-state index in [0.29, 0.717) is 31.1 Å². The second-order valence-corrected chi connectivity index (χ2v) is 6.61. The number of carbonyl (C=O) groups is 1. The number of rotatable bonds is 3. The molecule has 4 rings (SSSR count). The van der Waals surface area contributed by atoms with Crippen molar-refractivity contribution >= 4 is 22.6 Å². The lowest BCUT2D eigenvalue weighted by molar-refractivity contribution is 0.210. The predicted molar refractivity (Wildman–Crippen MR) is 104 cm³/mol. The Kier molecular flexibility index (Phi) is 4.29. The van der Waals surface area contributed by atoms with Crippen LogP contribution in [0.25, 0.3) is 10.9 Å². The molecule has 26 heavy (non-hydrogen) atoms. The van der Waals surface area contributed by atoms with Crippen molar-refractivity contribution in [2.24, 2.45) is 7.05 Å². The number of nitrogens with one attached hydrogen (secondary N) is 1. The van der Waals surface area contributed by atoms with E-state index in [0.717, 1.165) is 6.42 Å². The third-order valence-electron chi connectivity index (χ3n) is 4.91. The second kappa shape index (κ2) is 6.75. The van der Waals surface area contributed by atoms with Crippen LogP contribution >= 0.6 is 0 Å². The Bertz CT molecular complexity index is 961. The minimum absolute atomic E-state index is 0.0938. The monoisotopic (exact) mass is 349 g/mol. The second-order valence-electron chi connectivity index (χ2n) is 6.61. The first-order valence-electron chi connectivity index (χ1n) is 9.01. The number of benzene rings is 2. The average molecular weight is 349 g/mol. The zero-order valence-corrected chi connectivity index (χ0v) is 15.2. The minimum atomic E-state index is -0.0938. The van der Waals surface area contributed by atoms with Gasteiger partial charge in [-0.2, -0.15) is 0 Å². The maximum atomic E-state index is 12.9. The summed E-state index contributed by atoms with van der Waals surface area (Å²) in [5.74, 6) is 0.698. The van der Waals surface area contributed by atoms with Crippen molar-refractivity contribution < 1.29 is 9.53 Å². The summed E-state index contributed by atoms with van der Waals surface area (Å²) in [5.41, 5.74) is 4.44. The summed E-state index contributed by atoms with van der Waals surface area (Å²) in [5, 5.41) is 4.30. The molecular formula is C21H23N3O2. The number of nitrogens with zero attached hydrogens (tertiary/aromatic N) is 2. The van der Waals surface area contributed by atoms with Gasteiger partial charge in [-0.05, 0) is 42.7 Å².